The summed E-state index contributed by atoms with van der Waals surface area (Å²) in [6.45, 7) is 8.26. The van der Waals surface area contributed by atoms with Crippen LogP contribution in [0.4, 0.5) is 11.4 Å². The van der Waals surface area contributed by atoms with Gasteiger partial charge in [0.05, 0.1) is 16.7 Å². The summed E-state index contributed by atoms with van der Waals surface area (Å²) in [5.74, 6) is 0.481. The van der Waals surface area contributed by atoms with Gasteiger partial charge >= 0.3 is 0 Å². The molecule has 0 atom stereocenters. The summed E-state index contributed by atoms with van der Waals surface area (Å²) in [5.41, 5.74) is 3.49. The molecule has 0 fully saturated rings. The Labute approximate surface area is 168 Å². The highest BCUT2D eigenvalue weighted by Crippen LogP contribution is 2.33. The van der Waals surface area contributed by atoms with Crippen molar-refractivity contribution >= 4 is 17.3 Å². The summed E-state index contributed by atoms with van der Waals surface area (Å²) in [6, 6.07) is 9.70. The number of aryl methyl sites for hydroxylation is 3. The molecule has 3 aromatic rings. The van der Waals surface area contributed by atoms with E-state index in [0.717, 1.165) is 16.7 Å². The summed E-state index contributed by atoms with van der Waals surface area (Å²) in [4.78, 5) is 23.4. The van der Waals surface area contributed by atoms with Crippen LogP contribution in [0.1, 0.15) is 34.1 Å². The van der Waals surface area contributed by atoms with E-state index in [9.17, 15) is 14.9 Å². The van der Waals surface area contributed by atoms with Crippen molar-refractivity contribution in [2.75, 3.05) is 5.32 Å². The van der Waals surface area contributed by atoms with Crippen LogP contribution in [0, 0.1) is 30.9 Å². The fourth-order valence-electron chi connectivity index (χ4n) is 3.03. The van der Waals surface area contributed by atoms with Gasteiger partial charge in [-0.15, -0.1) is 0 Å². The Morgan fingerprint density at radius 3 is 2.66 bits per heavy atom. The van der Waals surface area contributed by atoms with Crippen molar-refractivity contribution in [3.8, 4) is 11.5 Å². The van der Waals surface area contributed by atoms with Gasteiger partial charge in [-0.05, 0) is 56.5 Å². The number of ether oxygens (including phenoxy) is 1. The van der Waals surface area contributed by atoms with Crippen LogP contribution < -0.4 is 10.1 Å². The summed E-state index contributed by atoms with van der Waals surface area (Å²) >= 11 is 0. The highest BCUT2D eigenvalue weighted by atomic mass is 16.6. The Morgan fingerprint density at radius 2 is 1.97 bits per heavy atom. The maximum atomic E-state index is 12.6. The number of hydrogen-bond donors (Lipinski definition) is 1. The molecule has 8 nitrogen and oxygen atoms in total. The first kappa shape index (κ1) is 20.1. The molecule has 0 bridgehead atoms. The Bertz CT molecular complexity index is 1090. The lowest BCUT2D eigenvalue weighted by Gasteiger charge is -2.13. The van der Waals surface area contributed by atoms with Crippen LogP contribution in [0.5, 0.6) is 11.5 Å². The zero-order valence-electron chi connectivity index (χ0n) is 16.7. The van der Waals surface area contributed by atoms with Gasteiger partial charge in [0, 0.05) is 24.9 Å². The van der Waals surface area contributed by atoms with Crippen LogP contribution in [0.25, 0.3) is 0 Å². The number of nitro groups is 1. The number of carbonyl (C=O) groups excluding carboxylic acids is 1. The largest absolute Gasteiger partial charge is 0.457 e. The number of rotatable bonds is 6. The van der Waals surface area contributed by atoms with Gasteiger partial charge in [0.1, 0.15) is 17.2 Å². The van der Waals surface area contributed by atoms with Crippen LogP contribution in [0.2, 0.25) is 0 Å². The van der Waals surface area contributed by atoms with Gasteiger partial charge in [-0.25, -0.2) is 0 Å². The van der Waals surface area contributed by atoms with Crippen LogP contribution in [-0.2, 0) is 6.54 Å². The third-order valence-electron chi connectivity index (χ3n) is 4.60. The van der Waals surface area contributed by atoms with Crippen molar-refractivity contribution in [3.05, 3.63) is 75.1 Å². The second-order valence-corrected chi connectivity index (χ2v) is 6.77. The van der Waals surface area contributed by atoms with E-state index in [1.54, 1.807) is 16.8 Å². The number of amides is 1. The Balaban J connectivity index is 1.94. The molecule has 0 spiro atoms. The van der Waals surface area contributed by atoms with Crippen LogP contribution in [0.15, 0.2) is 42.6 Å². The number of nitrogens with zero attached hydrogens (tertiary/aromatic N) is 3. The maximum Gasteiger partial charge on any atom is 0.275 e. The second-order valence-electron chi connectivity index (χ2n) is 6.77. The number of aromatic nitrogens is 2. The minimum Gasteiger partial charge on any atom is -0.457 e. The van der Waals surface area contributed by atoms with E-state index in [0.29, 0.717) is 18.0 Å². The first-order chi connectivity index (χ1) is 13.8. The smallest absolute Gasteiger partial charge is 0.275 e. The van der Waals surface area contributed by atoms with E-state index >= 15 is 0 Å². The van der Waals surface area contributed by atoms with Crippen molar-refractivity contribution in [3.63, 3.8) is 0 Å². The molecule has 0 unspecified atom stereocenters. The molecule has 1 heterocycles. The number of nitro benzene ring substituents is 1. The van der Waals surface area contributed by atoms with Crippen molar-refractivity contribution in [2.45, 2.75) is 34.2 Å². The first-order valence-corrected chi connectivity index (χ1v) is 9.17. The molecule has 0 aliphatic rings. The molecular weight excluding hydrogens is 372 g/mol. The minimum atomic E-state index is -0.521. The molecule has 0 aliphatic carbocycles. The lowest BCUT2D eigenvalue weighted by Crippen LogP contribution is -2.17. The predicted octanol–water partition coefficient (Wildman–Crippen LogP) is 4.78. The van der Waals surface area contributed by atoms with Gasteiger partial charge in [-0.3, -0.25) is 19.6 Å². The second kappa shape index (κ2) is 8.14. The molecule has 3 rings (SSSR count). The third kappa shape index (κ3) is 4.43. The molecule has 2 aromatic carbocycles. The Kier molecular flexibility index (Phi) is 5.63. The number of carbonyl (C=O) groups is 1. The highest BCUT2D eigenvalue weighted by molar-refractivity contribution is 6.03. The third-order valence-corrected chi connectivity index (χ3v) is 4.60. The molecule has 0 saturated carbocycles. The Hall–Kier alpha value is -3.68. The van der Waals surface area contributed by atoms with E-state index in [1.165, 1.54) is 18.3 Å². The van der Waals surface area contributed by atoms with E-state index in [2.05, 4.69) is 10.4 Å². The van der Waals surface area contributed by atoms with Gasteiger partial charge in [-0.1, -0.05) is 6.07 Å². The normalized spacial score (nSPS) is 10.6. The fraction of sp³-hybridized carbons (Fsp3) is 0.238. The number of anilines is 1. The monoisotopic (exact) mass is 394 g/mol. The molecule has 150 valence electrons. The maximum absolute atomic E-state index is 12.6. The lowest BCUT2D eigenvalue weighted by atomic mass is 10.1. The highest BCUT2D eigenvalue weighted by Gasteiger charge is 2.16. The van der Waals surface area contributed by atoms with Gasteiger partial charge in [-0.2, -0.15) is 5.10 Å². The van der Waals surface area contributed by atoms with Crippen molar-refractivity contribution in [2.24, 2.45) is 0 Å². The van der Waals surface area contributed by atoms with Crippen molar-refractivity contribution < 1.29 is 14.5 Å². The molecular formula is C21H22N4O4. The SMILES string of the molecule is CCn1nccc1C(=O)Nc1cc(Oc2cc(C)cc(C)c2C)cc([N+](=O)[O-])c1. The lowest BCUT2D eigenvalue weighted by molar-refractivity contribution is -0.384. The molecule has 0 radical (unpaired) electrons. The number of benzene rings is 2. The molecule has 1 amide bonds. The zero-order chi connectivity index (χ0) is 21.1. The van der Waals surface area contributed by atoms with Crippen LogP contribution >= 0.6 is 0 Å². The van der Waals surface area contributed by atoms with Gasteiger partial charge in [0.2, 0.25) is 0 Å². The summed E-state index contributed by atoms with van der Waals surface area (Å²) < 4.78 is 7.49. The average molecular weight is 394 g/mol. The topological polar surface area (TPSA) is 99.3 Å². The predicted molar refractivity (Wildman–Crippen MR) is 110 cm³/mol. The van der Waals surface area contributed by atoms with Gasteiger partial charge in [0.15, 0.2) is 0 Å². The quantitative estimate of drug-likeness (QED) is 0.479. The molecule has 0 saturated heterocycles. The van der Waals surface area contributed by atoms with Crippen molar-refractivity contribution in [1.29, 1.82) is 0 Å². The fourth-order valence-corrected chi connectivity index (χ4v) is 3.03. The van der Waals surface area contributed by atoms with Crippen LogP contribution in [-0.4, -0.2) is 20.6 Å². The summed E-state index contributed by atoms with van der Waals surface area (Å²) in [5, 5.41) is 18.1. The number of non-ortho nitro benzene ring substituents is 1. The molecule has 1 aromatic heterocycles. The van der Waals surface area contributed by atoms with Crippen molar-refractivity contribution in [1.82, 2.24) is 9.78 Å². The molecule has 0 aliphatic heterocycles. The molecule has 8 heteroatoms. The molecule has 29 heavy (non-hydrogen) atoms. The Morgan fingerprint density at radius 1 is 1.21 bits per heavy atom. The summed E-state index contributed by atoms with van der Waals surface area (Å²) in [6.07, 6.45) is 1.53. The standard InChI is InChI=1S/C21H22N4O4/c1-5-24-19(6-7-22-24)21(26)23-16-10-17(25(27)28)12-18(11-16)29-20-9-13(2)8-14(3)15(20)4/h6-12H,5H2,1-4H3,(H,23,26). The van der Waals surface area contributed by atoms with Gasteiger partial charge < -0.3 is 10.1 Å². The van der Waals surface area contributed by atoms with Gasteiger partial charge in [0.25, 0.3) is 11.6 Å². The van der Waals surface area contributed by atoms with E-state index in [-0.39, 0.29) is 17.1 Å². The van der Waals surface area contributed by atoms with E-state index in [1.807, 2.05) is 39.8 Å². The molecule has 1 N–H and O–H groups in total. The minimum absolute atomic E-state index is 0.177. The summed E-state index contributed by atoms with van der Waals surface area (Å²) in [7, 11) is 0. The van der Waals surface area contributed by atoms with E-state index < -0.39 is 10.8 Å². The first-order valence-electron chi connectivity index (χ1n) is 9.17. The number of nitrogens with one attached hydrogen (secondary N) is 1. The average Bonchev–Trinajstić information content (AvgIpc) is 3.14. The van der Waals surface area contributed by atoms with Crippen LogP contribution in [0.3, 0.4) is 0 Å². The zero-order valence-corrected chi connectivity index (χ0v) is 16.7. The van der Waals surface area contributed by atoms with E-state index in [4.69, 9.17) is 4.74 Å². The number of hydrogen-bond acceptors (Lipinski definition) is 5.